The topological polar surface area (TPSA) is 139 Å². The van der Waals surface area contributed by atoms with E-state index in [4.69, 9.17) is 9.97 Å². The zero-order valence-corrected chi connectivity index (χ0v) is 24.3. The van der Waals surface area contributed by atoms with Crippen LogP contribution < -0.4 is 10.2 Å². The Hall–Kier alpha value is -4.88. The number of aromatic amines is 1. The lowest BCUT2D eigenvalue weighted by Gasteiger charge is -2.48. The molecule has 14 heteroatoms. The van der Waals surface area contributed by atoms with Crippen LogP contribution in [0.3, 0.4) is 0 Å². The predicted octanol–water partition coefficient (Wildman–Crippen LogP) is 3.83. The van der Waals surface area contributed by atoms with Gasteiger partial charge in [-0.3, -0.25) is 9.89 Å². The van der Waals surface area contributed by atoms with Crippen LogP contribution in [-0.4, -0.2) is 74.9 Å². The fourth-order valence-electron chi connectivity index (χ4n) is 6.28. The first kappa shape index (κ1) is 27.0. The highest BCUT2D eigenvalue weighted by Gasteiger charge is 2.47. The van der Waals surface area contributed by atoms with Crippen molar-refractivity contribution in [3.05, 3.63) is 60.2 Å². The van der Waals surface area contributed by atoms with Crippen LogP contribution in [0.15, 0.2) is 43.1 Å². The van der Waals surface area contributed by atoms with Gasteiger partial charge < -0.3 is 19.7 Å². The van der Waals surface area contributed by atoms with E-state index in [0.717, 1.165) is 48.8 Å². The summed E-state index contributed by atoms with van der Waals surface area (Å²) in [4.78, 5) is 36.9. The highest BCUT2D eigenvalue weighted by atomic mass is 19.1. The van der Waals surface area contributed by atoms with Crippen LogP contribution in [0.5, 0.6) is 0 Å². The Labute approximate surface area is 247 Å². The predicted molar refractivity (Wildman–Crippen MR) is 157 cm³/mol. The van der Waals surface area contributed by atoms with E-state index in [1.807, 2.05) is 42.5 Å². The summed E-state index contributed by atoms with van der Waals surface area (Å²) in [5.74, 6) is 2.17. The van der Waals surface area contributed by atoms with E-state index < -0.39 is 11.2 Å². The number of imidazole rings is 1. The average molecular weight is 585 g/mol. The maximum Gasteiger partial charge on any atom is 0.229 e. The molecule has 1 spiro atoms. The van der Waals surface area contributed by atoms with E-state index in [1.54, 1.807) is 18.6 Å². The number of fused-ring (bicyclic) bond motifs is 1. The van der Waals surface area contributed by atoms with Crippen LogP contribution in [0.4, 0.5) is 22.0 Å². The number of amides is 1. The van der Waals surface area contributed by atoms with Crippen molar-refractivity contribution in [2.45, 2.75) is 45.6 Å². The number of H-pyrrole nitrogens is 1. The van der Waals surface area contributed by atoms with E-state index in [1.165, 1.54) is 10.9 Å². The molecule has 2 aliphatic rings. The minimum Gasteiger partial charge on any atom is -0.341 e. The Bertz CT molecular complexity index is 1780. The fraction of sp³-hybridized carbons (Fsp3) is 0.414. The van der Waals surface area contributed by atoms with Crippen LogP contribution in [-0.2, 0) is 11.8 Å². The number of likely N-dealkylation sites (tertiary alicyclic amines) is 1. The molecule has 0 radical (unpaired) electrons. The van der Waals surface area contributed by atoms with Gasteiger partial charge in [0.15, 0.2) is 34.4 Å². The molecule has 7 heterocycles. The van der Waals surface area contributed by atoms with Gasteiger partial charge in [0.1, 0.15) is 0 Å². The molecule has 1 unspecified atom stereocenters. The largest absolute Gasteiger partial charge is 0.341 e. The first-order valence-corrected chi connectivity index (χ1v) is 14.5. The fourth-order valence-corrected chi connectivity index (χ4v) is 6.28. The lowest BCUT2D eigenvalue weighted by Crippen LogP contribution is -2.54. The molecule has 2 N–H and O–H groups in total. The molecule has 2 aliphatic heterocycles. The van der Waals surface area contributed by atoms with Gasteiger partial charge >= 0.3 is 0 Å². The van der Waals surface area contributed by atoms with Crippen molar-refractivity contribution in [2.24, 2.45) is 12.5 Å². The zero-order valence-electron chi connectivity index (χ0n) is 24.3. The minimum atomic E-state index is -0.417. The van der Waals surface area contributed by atoms with Crippen LogP contribution >= 0.6 is 0 Å². The normalized spacial score (nSPS) is 17.6. The van der Waals surface area contributed by atoms with E-state index in [0.29, 0.717) is 48.6 Å². The number of hydrogen-bond donors (Lipinski definition) is 2. The highest BCUT2D eigenvalue weighted by Crippen LogP contribution is 2.44. The molecule has 0 saturated carbocycles. The van der Waals surface area contributed by atoms with Crippen molar-refractivity contribution < 1.29 is 9.18 Å². The summed E-state index contributed by atoms with van der Waals surface area (Å²) >= 11 is 0. The van der Waals surface area contributed by atoms with Gasteiger partial charge in [-0.05, 0) is 51.2 Å². The van der Waals surface area contributed by atoms with Gasteiger partial charge in [-0.15, -0.1) is 0 Å². The maximum absolute atomic E-state index is 14.1. The SMILES string of the molecule is Cc1cc(Nc2nc(N3CCC4(CCCN(C(C)c5ccc(-n6cc(F)cn6)nc5)C4=O)CC3)nc3c2ncn3C)n[nH]1. The van der Waals surface area contributed by atoms with Crippen molar-refractivity contribution in [3.63, 3.8) is 0 Å². The molecule has 222 valence electrons. The number of nitrogens with one attached hydrogen (secondary N) is 2. The molecule has 5 aromatic heterocycles. The van der Waals surface area contributed by atoms with Gasteiger partial charge in [0.2, 0.25) is 11.9 Å². The number of carbonyl (C=O) groups excluding carboxylic acids is 1. The maximum atomic E-state index is 14.1. The number of pyridine rings is 1. The second-order valence-corrected chi connectivity index (χ2v) is 11.6. The Morgan fingerprint density at radius 3 is 2.63 bits per heavy atom. The first-order chi connectivity index (χ1) is 20.8. The summed E-state index contributed by atoms with van der Waals surface area (Å²) in [6.45, 7) is 6.04. The second kappa shape index (κ2) is 10.4. The molecule has 1 amide bonds. The zero-order chi connectivity index (χ0) is 29.7. The van der Waals surface area contributed by atoms with Crippen molar-refractivity contribution in [1.82, 2.24) is 49.4 Å². The summed E-state index contributed by atoms with van der Waals surface area (Å²) in [5.41, 5.74) is 2.87. The van der Waals surface area contributed by atoms with Crippen molar-refractivity contribution in [1.29, 1.82) is 0 Å². The first-order valence-electron chi connectivity index (χ1n) is 14.5. The van der Waals surface area contributed by atoms with E-state index in [9.17, 15) is 9.18 Å². The summed E-state index contributed by atoms with van der Waals surface area (Å²) in [6.07, 6.45) is 9.19. The smallest absolute Gasteiger partial charge is 0.229 e. The number of nitrogens with zero attached hydrogens (tertiary/aromatic N) is 10. The number of aromatic nitrogens is 9. The number of hydrogen-bond acceptors (Lipinski definition) is 9. The van der Waals surface area contributed by atoms with Gasteiger partial charge in [-0.2, -0.15) is 20.2 Å². The lowest BCUT2D eigenvalue weighted by atomic mass is 9.71. The average Bonchev–Trinajstić information content (AvgIpc) is 3.75. The number of anilines is 3. The monoisotopic (exact) mass is 584 g/mol. The Balaban J connectivity index is 1.07. The number of rotatable bonds is 6. The van der Waals surface area contributed by atoms with Gasteiger partial charge in [0.05, 0.1) is 30.2 Å². The molecule has 0 bridgehead atoms. The number of piperidine rings is 2. The molecule has 13 nitrogen and oxygen atoms in total. The molecule has 2 saturated heterocycles. The van der Waals surface area contributed by atoms with E-state index in [-0.39, 0.29) is 11.9 Å². The number of aryl methyl sites for hydroxylation is 2. The second-order valence-electron chi connectivity index (χ2n) is 11.6. The molecular formula is C29H33FN12O. The molecule has 0 aromatic carbocycles. The molecule has 43 heavy (non-hydrogen) atoms. The van der Waals surface area contributed by atoms with Gasteiger partial charge in [-0.1, -0.05) is 6.07 Å². The summed E-state index contributed by atoms with van der Waals surface area (Å²) < 4.78 is 16.7. The Morgan fingerprint density at radius 1 is 1.09 bits per heavy atom. The van der Waals surface area contributed by atoms with Gasteiger partial charge in [0.25, 0.3) is 0 Å². The quantitative estimate of drug-likeness (QED) is 0.305. The molecule has 2 fully saturated rings. The van der Waals surface area contributed by atoms with Crippen LogP contribution in [0, 0.1) is 18.2 Å². The lowest BCUT2D eigenvalue weighted by molar-refractivity contribution is -0.150. The molecule has 0 aliphatic carbocycles. The minimum absolute atomic E-state index is 0.131. The Kier molecular flexibility index (Phi) is 6.55. The summed E-state index contributed by atoms with van der Waals surface area (Å²) in [6, 6.07) is 5.52. The number of carbonyl (C=O) groups is 1. The standard InChI is InChI=1S/C29H33FN12O/c1-18-13-22(38-37-18)34-25-24-26(39(3)17-32-24)36-28(35-25)40-11-8-29(9-12-40)7-4-10-41(27(29)43)19(2)20-5-6-23(31-14-20)42-16-21(30)15-33-42/h5-6,13-17,19H,4,7-12H2,1-3H3,(H2,34,35,36,37,38). The van der Waals surface area contributed by atoms with E-state index in [2.05, 4.69) is 35.5 Å². The van der Waals surface area contributed by atoms with Crippen LogP contribution in [0.2, 0.25) is 0 Å². The summed E-state index contributed by atoms with van der Waals surface area (Å²) in [7, 11) is 1.91. The number of halogens is 1. The van der Waals surface area contributed by atoms with Crippen molar-refractivity contribution >= 4 is 34.7 Å². The van der Waals surface area contributed by atoms with Gasteiger partial charge in [-0.25, -0.2) is 19.0 Å². The molecule has 5 aromatic rings. The Morgan fingerprint density at radius 2 is 1.93 bits per heavy atom. The molecule has 1 atom stereocenters. The third-order valence-electron chi connectivity index (χ3n) is 8.78. The van der Waals surface area contributed by atoms with Crippen LogP contribution in [0.1, 0.15) is 49.9 Å². The van der Waals surface area contributed by atoms with Crippen molar-refractivity contribution in [3.8, 4) is 5.82 Å². The third kappa shape index (κ3) is 4.85. The molecule has 7 rings (SSSR count). The van der Waals surface area contributed by atoms with E-state index >= 15 is 0 Å². The van der Waals surface area contributed by atoms with Gasteiger partial charge in [0, 0.05) is 44.6 Å². The summed E-state index contributed by atoms with van der Waals surface area (Å²) in [5, 5.41) is 14.5. The third-order valence-corrected chi connectivity index (χ3v) is 8.78. The van der Waals surface area contributed by atoms with Crippen LogP contribution in [0.25, 0.3) is 17.0 Å². The molecular weight excluding hydrogens is 551 g/mol. The van der Waals surface area contributed by atoms with Crippen molar-refractivity contribution in [2.75, 3.05) is 29.9 Å². The highest BCUT2D eigenvalue weighted by molar-refractivity contribution is 5.86.